The van der Waals surface area contributed by atoms with Gasteiger partial charge in [0.25, 0.3) is 22.4 Å². The van der Waals surface area contributed by atoms with E-state index in [-0.39, 0.29) is 18.3 Å². The van der Waals surface area contributed by atoms with E-state index in [1.165, 1.54) is 30.6 Å². The molecule has 5 rings (SSSR count). The summed E-state index contributed by atoms with van der Waals surface area (Å²) in [5, 5.41) is 25.6. The third-order valence-electron chi connectivity index (χ3n) is 8.04. The molecular formula is C30H40N4O6S. The first-order chi connectivity index (χ1) is 19.7. The molecule has 11 heteroatoms. The van der Waals surface area contributed by atoms with E-state index in [1.54, 1.807) is 10.6 Å². The first-order valence-corrected chi connectivity index (χ1v) is 15.8. The molecule has 1 aromatic heterocycles. The van der Waals surface area contributed by atoms with Gasteiger partial charge in [-0.25, -0.2) is 8.42 Å². The van der Waals surface area contributed by atoms with Crippen LogP contribution >= 0.6 is 0 Å². The van der Waals surface area contributed by atoms with Gasteiger partial charge in [0, 0.05) is 36.8 Å². The average Bonchev–Trinajstić information content (AvgIpc) is 3.32. The summed E-state index contributed by atoms with van der Waals surface area (Å²) < 4.78 is 28.6. The number of nitrogens with one attached hydrogen (secondary N) is 2. The Labute approximate surface area is 241 Å². The van der Waals surface area contributed by atoms with Gasteiger partial charge in [0.1, 0.15) is 5.88 Å². The summed E-state index contributed by atoms with van der Waals surface area (Å²) in [6.45, 7) is 2.17. The summed E-state index contributed by atoms with van der Waals surface area (Å²) in [5.74, 6) is -0.440. The van der Waals surface area contributed by atoms with Crippen molar-refractivity contribution in [1.29, 1.82) is 0 Å². The fraction of sp³-hybridized carbons (Fsp3) is 0.467. The fourth-order valence-corrected chi connectivity index (χ4v) is 6.96. The smallest absolute Gasteiger partial charge is 0.290 e. The number of carbonyl (C=O) groups is 2. The lowest BCUT2D eigenvalue weighted by molar-refractivity contribution is -0.122. The maximum absolute atomic E-state index is 13.6. The molecule has 0 radical (unpaired) electrons. The molecule has 0 unspecified atom stereocenters. The number of carbonyl (C=O) groups excluding carboxylic acids is 1. The Morgan fingerprint density at radius 3 is 2.49 bits per heavy atom. The molecule has 3 aromatic rings. The number of aliphatic hydroxyl groups is 1. The minimum absolute atomic E-state index is 0.113. The quantitative estimate of drug-likeness (QED) is 0.283. The summed E-state index contributed by atoms with van der Waals surface area (Å²) in [5.41, 5.74) is 3.73. The first-order valence-electron chi connectivity index (χ1n) is 14.1. The highest BCUT2D eigenvalue weighted by Gasteiger charge is 2.31. The van der Waals surface area contributed by atoms with E-state index >= 15 is 0 Å². The highest BCUT2D eigenvalue weighted by atomic mass is 32.2. The van der Waals surface area contributed by atoms with Crippen LogP contribution in [0.1, 0.15) is 60.5 Å². The number of hydrogen-bond donors (Lipinski definition) is 4. The SMILES string of the molecule is CCc1cn2c3c(cc(C(=O)N[C@@H](Cc4ccccc4)[C@H](O)CNC4CCCCC4)cc13)N(C)S(=O)(=O)C2.O=CO. The maximum Gasteiger partial charge on any atom is 0.290 e. The Bertz CT molecular complexity index is 1450. The van der Waals surface area contributed by atoms with E-state index in [9.17, 15) is 18.3 Å². The number of rotatable bonds is 9. The number of carboxylic acid groups (broad SMARTS) is 1. The van der Waals surface area contributed by atoms with Crippen LogP contribution in [0.4, 0.5) is 5.69 Å². The van der Waals surface area contributed by atoms with Gasteiger partial charge in [0.05, 0.1) is 23.3 Å². The normalized spacial score (nSPS) is 17.8. The van der Waals surface area contributed by atoms with Gasteiger partial charge in [-0.3, -0.25) is 13.9 Å². The van der Waals surface area contributed by atoms with E-state index in [0.717, 1.165) is 41.3 Å². The van der Waals surface area contributed by atoms with Gasteiger partial charge in [-0.15, -0.1) is 0 Å². The number of anilines is 1. The molecule has 1 aliphatic carbocycles. The van der Waals surface area contributed by atoms with Crippen molar-refractivity contribution in [2.45, 2.75) is 75.9 Å². The predicted molar refractivity (Wildman–Crippen MR) is 160 cm³/mol. The molecule has 0 spiro atoms. The lowest BCUT2D eigenvalue weighted by atomic mass is 9.94. The van der Waals surface area contributed by atoms with Crippen LogP contribution in [0.5, 0.6) is 0 Å². The summed E-state index contributed by atoms with van der Waals surface area (Å²) in [7, 11) is -2.00. The van der Waals surface area contributed by atoms with Crippen LogP contribution in [0.3, 0.4) is 0 Å². The van der Waals surface area contributed by atoms with Crippen molar-refractivity contribution < 1.29 is 28.2 Å². The largest absolute Gasteiger partial charge is 0.483 e. The molecule has 1 amide bonds. The lowest BCUT2D eigenvalue weighted by Crippen LogP contribution is -2.50. The van der Waals surface area contributed by atoms with Crippen LogP contribution in [-0.2, 0) is 33.5 Å². The minimum Gasteiger partial charge on any atom is -0.483 e. The highest BCUT2D eigenvalue weighted by molar-refractivity contribution is 7.91. The molecule has 10 nitrogen and oxygen atoms in total. The molecule has 2 heterocycles. The van der Waals surface area contributed by atoms with Crippen LogP contribution in [0.25, 0.3) is 10.9 Å². The zero-order chi connectivity index (χ0) is 29.6. The van der Waals surface area contributed by atoms with E-state index < -0.39 is 22.2 Å². The number of aryl methyl sites for hydroxylation is 1. The summed E-state index contributed by atoms with van der Waals surface area (Å²) >= 11 is 0. The van der Waals surface area contributed by atoms with Crippen LogP contribution in [-0.4, -0.2) is 67.4 Å². The van der Waals surface area contributed by atoms with Gasteiger partial charge in [-0.05, 0) is 48.9 Å². The van der Waals surface area contributed by atoms with Crippen molar-refractivity contribution in [3.63, 3.8) is 0 Å². The predicted octanol–water partition coefficient (Wildman–Crippen LogP) is 3.27. The molecule has 1 saturated carbocycles. The fourth-order valence-electron chi connectivity index (χ4n) is 5.79. The maximum atomic E-state index is 13.6. The Hall–Kier alpha value is -3.41. The van der Waals surface area contributed by atoms with Crippen LogP contribution in [0.15, 0.2) is 48.7 Å². The number of sulfonamides is 1. The Morgan fingerprint density at radius 2 is 1.83 bits per heavy atom. The molecule has 0 bridgehead atoms. The van der Waals surface area contributed by atoms with Crippen LogP contribution < -0.4 is 14.9 Å². The molecule has 1 aliphatic heterocycles. The zero-order valence-corrected chi connectivity index (χ0v) is 24.4. The van der Waals surface area contributed by atoms with Crippen LogP contribution in [0, 0.1) is 0 Å². The number of nitrogens with zero attached hydrogens (tertiary/aromatic N) is 2. The number of amides is 1. The van der Waals surface area contributed by atoms with Gasteiger partial charge in [-0.2, -0.15) is 0 Å². The molecule has 1 fully saturated rings. The Morgan fingerprint density at radius 1 is 1.15 bits per heavy atom. The van der Waals surface area contributed by atoms with Gasteiger partial charge < -0.3 is 25.4 Å². The lowest BCUT2D eigenvalue weighted by Gasteiger charge is -2.29. The van der Waals surface area contributed by atoms with E-state index in [2.05, 4.69) is 10.6 Å². The summed E-state index contributed by atoms with van der Waals surface area (Å²) in [6, 6.07) is 13.2. The molecule has 222 valence electrons. The summed E-state index contributed by atoms with van der Waals surface area (Å²) in [6.07, 6.45) is 8.20. The molecule has 2 aromatic carbocycles. The van der Waals surface area contributed by atoms with Crippen molar-refractivity contribution in [2.24, 2.45) is 0 Å². The second kappa shape index (κ2) is 13.5. The van der Waals surface area contributed by atoms with E-state index in [4.69, 9.17) is 9.90 Å². The number of benzene rings is 2. The van der Waals surface area contributed by atoms with Gasteiger partial charge in [0.2, 0.25) is 0 Å². The molecule has 2 atom stereocenters. The molecule has 2 aliphatic rings. The number of aromatic nitrogens is 1. The summed E-state index contributed by atoms with van der Waals surface area (Å²) in [4.78, 5) is 22.0. The van der Waals surface area contributed by atoms with Crippen LogP contribution in [0.2, 0.25) is 0 Å². The van der Waals surface area contributed by atoms with Crippen molar-refractivity contribution in [1.82, 2.24) is 15.2 Å². The Balaban J connectivity index is 0.00000124. The number of aliphatic hydroxyl groups excluding tert-OH is 1. The molecular weight excluding hydrogens is 544 g/mol. The monoisotopic (exact) mass is 584 g/mol. The number of hydrogen-bond acceptors (Lipinski definition) is 6. The van der Waals surface area contributed by atoms with Gasteiger partial charge >= 0.3 is 0 Å². The molecule has 0 saturated heterocycles. The molecule has 41 heavy (non-hydrogen) atoms. The zero-order valence-electron chi connectivity index (χ0n) is 23.6. The van der Waals surface area contributed by atoms with Crippen molar-refractivity contribution >= 4 is 39.0 Å². The molecule has 4 N–H and O–H groups in total. The standard InChI is InChI=1S/C29H38N4O4S.CH2O2/c1-3-21-18-33-19-38(36,37)32(2)26-16-22(15-24(21)28(26)33)29(35)31-25(14-20-10-6-4-7-11-20)27(34)17-30-23-12-8-5-9-13-23;2-1-3/h4,6-7,10-11,15-16,18,23,25,27,30,34H,3,5,8-9,12-14,17,19H2,1-2H3,(H,31,35);1H,(H,2,3)/t25-,27+;/m0./s1. The van der Waals surface area contributed by atoms with E-state index in [1.807, 2.05) is 49.5 Å². The van der Waals surface area contributed by atoms with Crippen molar-refractivity contribution in [3.05, 3.63) is 65.4 Å². The van der Waals surface area contributed by atoms with Crippen molar-refractivity contribution in [3.8, 4) is 0 Å². The highest BCUT2D eigenvalue weighted by Crippen LogP contribution is 2.37. The topological polar surface area (TPSA) is 141 Å². The third kappa shape index (κ3) is 7.09. The van der Waals surface area contributed by atoms with E-state index in [0.29, 0.717) is 30.3 Å². The van der Waals surface area contributed by atoms with Crippen molar-refractivity contribution in [2.75, 3.05) is 17.9 Å². The average molecular weight is 585 g/mol. The Kier molecular flexibility index (Phi) is 10.1. The minimum atomic E-state index is -3.54. The third-order valence-corrected chi connectivity index (χ3v) is 9.67. The first kappa shape index (κ1) is 30.5. The van der Waals surface area contributed by atoms with Gasteiger partial charge in [0.15, 0.2) is 0 Å². The second-order valence-corrected chi connectivity index (χ2v) is 12.7. The van der Waals surface area contributed by atoms with Gasteiger partial charge in [-0.1, -0.05) is 56.5 Å². The second-order valence-electron chi connectivity index (χ2n) is 10.8.